The largest absolute Gasteiger partial charge is 0.354 e. The fourth-order valence-corrected chi connectivity index (χ4v) is 9.38. The number of benzene rings is 9. The first-order chi connectivity index (χ1) is 29.5. The van der Waals surface area contributed by atoms with Crippen molar-refractivity contribution in [1.82, 2.24) is 4.98 Å². The average molecular weight is 770 g/mol. The topological polar surface area (TPSA) is 22.3 Å². The average Bonchev–Trinajstić information content (AvgIpc) is 3.79. The Morgan fingerprint density at radius 2 is 0.783 bits per heavy atom. The molecular formula is C57H43N3. The fourth-order valence-electron chi connectivity index (χ4n) is 9.38. The number of hydrogen-bond acceptors (Lipinski definition) is 2. The number of H-pyrrole nitrogens is 1. The summed E-state index contributed by atoms with van der Waals surface area (Å²) in [6.45, 7) is 4.76. The number of para-hydroxylation sites is 5. The van der Waals surface area contributed by atoms with Crippen LogP contribution in [0.4, 0.5) is 34.1 Å². The van der Waals surface area contributed by atoms with Gasteiger partial charge in [-0.2, -0.15) is 0 Å². The number of rotatable bonds is 8. The van der Waals surface area contributed by atoms with Gasteiger partial charge in [-0.05, 0) is 136 Å². The van der Waals surface area contributed by atoms with Crippen LogP contribution in [0.25, 0.3) is 55.2 Å². The lowest BCUT2D eigenvalue weighted by atomic mass is 9.81. The molecule has 0 spiro atoms. The molecule has 1 aliphatic carbocycles. The molecule has 0 amide bonds. The van der Waals surface area contributed by atoms with Crippen LogP contribution in [0.15, 0.2) is 218 Å². The first-order valence-electron chi connectivity index (χ1n) is 20.8. The summed E-state index contributed by atoms with van der Waals surface area (Å²) in [5.74, 6) is 0. The maximum absolute atomic E-state index is 3.83. The molecule has 3 nitrogen and oxygen atoms in total. The van der Waals surface area contributed by atoms with E-state index in [0.29, 0.717) is 0 Å². The van der Waals surface area contributed by atoms with E-state index in [1.807, 2.05) is 0 Å². The van der Waals surface area contributed by atoms with Crippen molar-refractivity contribution in [2.24, 2.45) is 0 Å². The van der Waals surface area contributed by atoms with Crippen LogP contribution < -0.4 is 9.80 Å². The summed E-state index contributed by atoms with van der Waals surface area (Å²) in [6.07, 6.45) is 0. The van der Waals surface area contributed by atoms with Crippen LogP contribution in [0.1, 0.15) is 25.0 Å². The lowest BCUT2D eigenvalue weighted by molar-refractivity contribution is 0.660. The molecule has 0 atom stereocenters. The van der Waals surface area contributed by atoms with E-state index in [1.54, 1.807) is 0 Å². The number of hydrogen-bond donors (Lipinski definition) is 1. The molecule has 0 radical (unpaired) electrons. The number of aromatic amines is 1. The summed E-state index contributed by atoms with van der Waals surface area (Å²) in [6, 6.07) is 79.1. The van der Waals surface area contributed by atoms with E-state index in [4.69, 9.17) is 0 Å². The van der Waals surface area contributed by atoms with Crippen LogP contribution >= 0.6 is 0 Å². The zero-order chi connectivity index (χ0) is 40.2. The molecule has 3 heteroatoms. The summed E-state index contributed by atoms with van der Waals surface area (Å²) in [5, 5.41) is 2.46. The van der Waals surface area contributed by atoms with Gasteiger partial charge in [0.1, 0.15) is 0 Å². The molecule has 1 heterocycles. The van der Waals surface area contributed by atoms with E-state index >= 15 is 0 Å². The van der Waals surface area contributed by atoms with Crippen LogP contribution in [0, 0.1) is 0 Å². The Labute approximate surface area is 351 Å². The van der Waals surface area contributed by atoms with Crippen molar-refractivity contribution in [1.29, 1.82) is 0 Å². The van der Waals surface area contributed by atoms with E-state index in [9.17, 15) is 0 Å². The molecule has 0 saturated carbocycles. The summed E-state index contributed by atoms with van der Waals surface area (Å²) >= 11 is 0. The third kappa shape index (κ3) is 5.98. The lowest BCUT2D eigenvalue weighted by Gasteiger charge is -2.28. The van der Waals surface area contributed by atoms with Gasteiger partial charge in [-0.15, -0.1) is 0 Å². The van der Waals surface area contributed by atoms with Gasteiger partial charge in [-0.3, -0.25) is 0 Å². The molecule has 0 aliphatic heterocycles. The van der Waals surface area contributed by atoms with Crippen molar-refractivity contribution < 1.29 is 0 Å². The Morgan fingerprint density at radius 3 is 1.37 bits per heavy atom. The molecule has 0 unspecified atom stereocenters. The Kier molecular flexibility index (Phi) is 8.49. The highest BCUT2D eigenvalue weighted by Gasteiger charge is 2.36. The molecular weight excluding hydrogens is 727 g/mol. The predicted octanol–water partition coefficient (Wildman–Crippen LogP) is 15.9. The maximum Gasteiger partial charge on any atom is 0.0544 e. The zero-order valence-electron chi connectivity index (χ0n) is 33.7. The van der Waals surface area contributed by atoms with Gasteiger partial charge in [0.25, 0.3) is 0 Å². The minimum absolute atomic E-state index is 0.216. The van der Waals surface area contributed by atoms with Crippen LogP contribution in [0.2, 0.25) is 0 Å². The second-order valence-corrected chi connectivity index (χ2v) is 16.3. The van der Waals surface area contributed by atoms with Crippen LogP contribution in [0.5, 0.6) is 0 Å². The van der Waals surface area contributed by atoms with Gasteiger partial charge in [0, 0.05) is 61.4 Å². The normalized spacial score (nSPS) is 12.6. The molecule has 1 aromatic heterocycles. The first kappa shape index (κ1) is 35.5. The summed E-state index contributed by atoms with van der Waals surface area (Å²) in [5.41, 5.74) is 19.0. The number of anilines is 6. The summed E-state index contributed by atoms with van der Waals surface area (Å²) < 4.78 is 0. The lowest BCUT2D eigenvalue weighted by Crippen LogP contribution is -2.16. The Balaban J connectivity index is 1.01. The minimum Gasteiger partial charge on any atom is -0.354 e. The van der Waals surface area contributed by atoms with Crippen molar-refractivity contribution in [3.8, 4) is 33.4 Å². The molecule has 286 valence electrons. The van der Waals surface area contributed by atoms with E-state index < -0.39 is 0 Å². The van der Waals surface area contributed by atoms with Crippen molar-refractivity contribution in [2.45, 2.75) is 19.3 Å². The van der Waals surface area contributed by atoms with E-state index in [-0.39, 0.29) is 5.41 Å². The number of nitrogens with one attached hydrogen (secondary N) is 1. The maximum atomic E-state index is 3.83. The SMILES string of the molecule is CC1(C)c2cc(-c3cc(-c4ccc(N(c5ccccc5)c5ccccc5)cc4)cc4c3[nH]c3ccccc34)ccc2-c2ccc(N(c3ccccc3)c3ccccc3)cc21. The molecule has 1 N–H and O–H groups in total. The van der Waals surface area contributed by atoms with Gasteiger partial charge in [-0.1, -0.05) is 135 Å². The highest BCUT2D eigenvalue weighted by atomic mass is 15.1. The van der Waals surface area contributed by atoms with Crippen LogP contribution in [-0.2, 0) is 5.41 Å². The van der Waals surface area contributed by atoms with Gasteiger partial charge >= 0.3 is 0 Å². The second-order valence-electron chi connectivity index (χ2n) is 16.3. The highest BCUT2D eigenvalue weighted by Crippen LogP contribution is 2.52. The molecule has 0 saturated heterocycles. The van der Waals surface area contributed by atoms with Gasteiger partial charge in [-0.25, -0.2) is 0 Å². The number of aromatic nitrogens is 1. The summed E-state index contributed by atoms with van der Waals surface area (Å²) in [7, 11) is 0. The molecule has 9 aromatic carbocycles. The van der Waals surface area contributed by atoms with Crippen LogP contribution in [-0.4, -0.2) is 4.98 Å². The Bertz CT molecular complexity index is 3070. The third-order valence-corrected chi connectivity index (χ3v) is 12.4. The minimum atomic E-state index is -0.216. The van der Waals surface area contributed by atoms with E-state index in [2.05, 4.69) is 247 Å². The van der Waals surface area contributed by atoms with E-state index in [0.717, 1.165) is 45.2 Å². The Morgan fingerprint density at radius 1 is 0.333 bits per heavy atom. The predicted molar refractivity (Wildman–Crippen MR) is 254 cm³/mol. The standard InChI is InChI=1S/C57H43N3/c1-57(2)53-37-40(29-33-48(53)49-34-32-47(38-54(49)57)60(44-21-11-5-12-22-44)45-23-13-6-14-24-45)51-35-41(36-52-50-25-15-16-26-55(50)58-56(51)52)39-27-30-46(31-28-39)59(42-17-7-3-8-18-42)43-19-9-4-10-20-43/h3-38,58H,1-2H3. The van der Waals surface area contributed by atoms with Crippen LogP contribution in [0.3, 0.4) is 0 Å². The number of nitrogens with zero attached hydrogens (tertiary/aromatic N) is 2. The van der Waals surface area contributed by atoms with Gasteiger partial charge in [0.15, 0.2) is 0 Å². The zero-order valence-corrected chi connectivity index (χ0v) is 33.7. The third-order valence-electron chi connectivity index (χ3n) is 12.4. The molecule has 10 aromatic rings. The monoisotopic (exact) mass is 769 g/mol. The highest BCUT2D eigenvalue weighted by molar-refractivity contribution is 6.13. The quantitative estimate of drug-likeness (QED) is 0.166. The molecule has 0 fully saturated rings. The van der Waals surface area contributed by atoms with E-state index in [1.165, 1.54) is 55.3 Å². The van der Waals surface area contributed by atoms with Crippen molar-refractivity contribution >= 4 is 55.9 Å². The van der Waals surface area contributed by atoms with Crippen molar-refractivity contribution in [3.05, 3.63) is 230 Å². The van der Waals surface area contributed by atoms with Crippen molar-refractivity contribution in [3.63, 3.8) is 0 Å². The second kappa shape index (κ2) is 14.3. The smallest absolute Gasteiger partial charge is 0.0544 e. The fraction of sp³-hybridized carbons (Fsp3) is 0.0526. The Hall–Kier alpha value is -7.62. The van der Waals surface area contributed by atoms with Gasteiger partial charge in [0.05, 0.1) is 5.52 Å². The summed E-state index contributed by atoms with van der Waals surface area (Å²) in [4.78, 5) is 8.50. The molecule has 60 heavy (non-hydrogen) atoms. The first-order valence-corrected chi connectivity index (χ1v) is 20.8. The molecule has 0 bridgehead atoms. The van der Waals surface area contributed by atoms with Gasteiger partial charge < -0.3 is 14.8 Å². The molecule has 11 rings (SSSR count). The molecule has 1 aliphatic rings. The van der Waals surface area contributed by atoms with Crippen molar-refractivity contribution in [2.75, 3.05) is 9.80 Å². The number of fused-ring (bicyclic) bond motifs is 6. The van der Waals surface area contributed by atoms with Gasteiger partial charge in [0.2, 0.25) is 0 Å².